The predicted octanol–water partition coefficient (Wildman–Crippen LogP) is 2.51. The first-order chi connectivity index (χ1) is 14.5. The fourth-order valence-electron chi connectivity index (χ4n) is 3.68. The second-order valence-corrected chi connectivity index (χ2v) is 7.92. The summed E-state index contributed by atoms with van der Waals surface area (Å²) >= 11 is 6.26. The van der Waals surface area contributed by atoms with Crippen LogP contribution < -0.4 is 15.4 Å². The summed E-state index contributed by atoms with van der Waals surface area (Å²) in [5.74, 6) is 3.17. The molecule has 1 fully saturated rings. The minimum atomic E-state index is 0.513. The van der Waals surface area contributed by atoms with Crippen LogP contribution in [0.4, 0.5) is 0 Å². The van der Waals surface area contributed by atoms with Gasteiger partial charge in [0.1, 0.15) is 11.6 Å². The SMILES string of the molecule is CCN1CCCC1CNC(=NCc1ccc(OC)c(Cl)c1)NCc1nnc(C)n1C. The quantitative estimate of drug-likeness (QED) is 0.492. The second kappa shape index (κ2) is 10.6. The minimum Gasteiger partial charge on any atom is -0.495 e. The number of aryl methyl sites for hydroxylation is 1. The Labute approximate surface area is 183 Å². The number of halogens is 1. The van der Waals surface area contributed by atoms with Crippen molar-refractivity contribution < 1.29 is 4.74 Å². The van der Waals surface area contributed by atoms with Gasteiger partial charge in [-0.3, -0.25) is 4.90 Å². The Bertz CT molecular complexity index is 867. The van der Waals surface area contributed by atoms with Gasteiger partial charge in [-0.2, -0.15) is 0 Å². The average Bonchev–Trinajstić information content (AvgIpc) is 3.34. The van der Waals surface area contributed by atoms with E-state index in [0.29, 0.717) is 29.9 Å². The zero-order valence-corrected chi connectivity index (χ0v) is 19.0. The van der Waals surface area contributed by atoms with Gasteiger partial charge in [0.25, 0.3) is 0 Å². The number of methoxy groups -OCH3 is 1. The summed E-state index contributed by atoms with van der Waals surface area (Å²) in [6.07, 6.45) is 2.47. The number of ether oxygens (including phenoxy) is 1. The number of hydrogen-bond donors (Lipinski definition) is 2. The van der Waals surface area contributed by atoms with Crippen LogP contribution in [0.5, 0.6) is 5.75 Å². The van der Waals surface area contributed by atoms with E-state index < -0.39 is 0 Å². The standard InChI is InChI=1S/C21H32ClN7O/c1-5-29-10-6-7-17(29)13-24-21(25-14-20-27-26-15(2)28(20)3)23-12-16-8-9-19(30-4)18(22)11-16/h8-9,11,17H,5-7,10,12-14H2,1-4H3,(H2,23,24,25). The Balaban J connectivity index is 1.67. The predicted molar refractivity (Wildman–Crippen MR) is 120 cm³/mol. The number of benzene rings is 1. The van der Waals surface area contributed by atoms with Crippen molar-refractivity contribution in [1.82, 2.24) is 30.3 Å². The maximum Gasteiger partial charge on any atom is 0.192 e. The fourth-order valence-corrected chi connectivity index (χ4v) is 3.96. The summed E-state index contributed by atoms with van der Waals surface area (Å²) in [7, 11) is 3.58. The number of rotatable bonds is 8. The molecule has 2 heterocycles. The second-order valence-electron chi connectivity index (χ2n) is 7.52. The van der Waals surface area contributed by atoms with Gasteiger partial charge in [0.15, 0.2) is 11.8 Å². The first-order valence-electron chi connectivity index (χ1n) is 10.4. The molecule has 30 heavy (non-hydrogen) atoms. The number of likely N-dealkylation sites (tertiary alicyclic amines) is 1. The van der Waals surface area contributed by atoms with Gasteiger partial charge in [0.05, 0.1) is 25.2 Å². The van der Waals surface area contributed by atoms with Gasteiger partial charge in [-0.25, -0.2) is 4.99 Å². The monoisotopic (exact) mass is 433 g/mol. The Morgan fingerprint density at radius 3 is 2.83 bits per heavy atom. The number of aromatic nitrogens is 3. The van der Waals surface area contributed by atoms with E-state index >= 15 is 0 Å². The van der Waals surface area contributed by atoms with Crippen molar-refractivity contribution in [3.8, 4) is 5.75 Å². The van der Waals surface area contributed by atoms with Crippen LogP contribution in [0.25, 0.3) is 0 Å². The molecule has 8 nitrogen and oxygen atoms in total. The lowest BCUT2D eigenvalue weighted by atomic mass is 10.2. The number of aliphatic imine (C=N–C) groups is 1. The van der Waals surface area contributed by atoms with E-state index in [1.165, 1.54) is 19.4 Å². The number of nitrogens with zero attached hydrogens (tertiary/aromatic N) is 5. The summed E-state index contributed by atoms with van der Waals surface area (Å²) in [6.45, 7) is 8.33. The summed E-state index contributed by atoms with van der Waals surface area (Å²) in [5, 5.41) is 15.8. The molecule has 1 saturated heterocycles. The number of likely N-dealkylation sites (N-methyl/N-ethyl adjacent to an activating group) is 1. The van der Waals surface area contributed by atoms with E-state index in [2.05, 4.69) is 32.7 Å². The Morgan fingerprint density at radius 1 is 1.33 bits per heavy atom. The first-order valence-corrected chi connectivity index (χ1v) is 10.8. The van der Waals surface area contributed by atoms with Crippen molar-refractivity contribution in [2.24, 2.45) is 12.0 Å². The molecule has 1 unspecified atom stereocenters. The van der Waals surface area contributed by atoms with Crippen molar-refractivity contribution in [2.75, 3.05) is 26.7 Å². The molecule has 1 aromatic carbocycles. The lowest BCUT2D eigenvalue weighted by molar-refractivity contribution is 0.267. The highest BCUT2D eigenvalue weighted by Gasteiger charge is 2.22. The van der Waals surface area contributed by atoms with Crippen LogP contribution in [0.2, 0.25) is 5.02 Å². The van der Waals surface area contributed by atoms with Crippen LogP contribution in [0.15, 0.2) is 23.2 Å². The van der Waals surface area contributed by atoms with Gasteiger partial charge >= 0.3 is 0 Å². The topological polar surface area (TPSA) is 79.6 Å². The Hall–Kier alpha value is -2.32. The van der Waals surface area contributed by atoms with Gasteiger partial charge in [-0.15, -0.1) is 10.2 Å². The van der Waals surface area contributed by atoms with E-state index in [-0.39, 0.29) is 0 Å². The zero-order valence-electron chi connectivity index (χ0n) is 18.3. The molecule has 9 heteroatoms. The maximum atomic E-state index is 6.26. The van der Waals surface area contributed by atoms with Crippen LogP contribution in [0.3, 0.4) is 0 Å². The summed E-state index contributed by atoms with van der Waals surface area (Å²) in [5.41, 5.74) is 1.02. The van der Waals surface area contributed by atoms with Gasteiger partial charge in [-0.1, -0.05) is 24.6 Å². The van der Waals surface area contributed by atoms with Gasteiger partial charge < -0.3 is 19.9 Å². The van der Waals surface area contributed by atoms with E-state index in [1.54, 1.807) is 7.11 Å². The van der Waals surface area contributed by atoms with E-state index in [1.807, 2.05) is 36.7 Å². The molecular weight excluding hydrogens is 402 g/mol. The fraction of sp³-hybridized carbons (Fsp3) is 0.571. The normalized spacial score (nSPS) is 17.4. The highest BCUT2D eigenvalue weighted by atomic mass is 35.5. The molecule has 0 bridgehead atoms. The third kappa shape index (κ3) is 5.64. The molecule has 3 rings (SSSR count). The highest BCUT2D eigenvalue weighted by molar-refractivity contribution is 6.32. The molecule has 0 spiro atoms. The van der Waals surface area contributed by atoms with Crippen molar-refractivity contribution in [3.05, 3.63) is 40.4 Å². The van der Waals surface area contributed by atoms with Crippen molar-refractivity contribution in [1.29, 1.82) is 0 Å². The van der Waals surface area contributed by atoms with Gasteiger partial charge in [0, 0.05) is 19.6 Å². The largest absolute Gasteiger partial charge is 0.495 e. The zero-order chi connectivity index (χ0) is 21.5. The molecule has 2 N–H and O–H groups in total. The molecule has 1 aliphatic heterocycles. The summed E-state index contributed by atoms with van der Waals surface area (Å²) in [4.78, 5) is 7.29. The number of guanidine groups is 1. The molecule has 164 valence electrons. The van der Waals surface area contributed by atoms with Crippen LogP contribution in [-0.4, -0.2) is 58.4 Å². The van der Waals surface area contributed by atoms with Crippen LogP contribution >= 0.6 is 11.6 Å². The van der Waals surface area contributed by atoms with E-state index in [4.69, 9.17) is 21.3 Å². The smallest absolute Gasteiger partial charge is 0.192 e. The Morgan fingerprint density at radius 2 is 2.17 bits per heavy atom. The third-order valence-electron chi connectivity index (χ3n) is 5.64. The maximum absolute atomic E-state index is 6.26. The van der Waals surface area contributed by atoms with Crippen molar-refractivity contribution >= 4 is 17.6 Å². The molecule has 0 amide bonds. The molecule has 1 aliphatic rings. The highest BCUT2D eigenvalue weighted by Crippen LogP contribution is 2.25. The Kier molecular flexibility index (Phi) is 7.93. The van der Waals surface area contributed by atoms with Gasteiger partial charge in [-0.05, 0) is 50.6 Å². The third-order valence-corrected chi connectivity index (χ3v) is 5.94. The van der Waals surface area contributed by atoms with Crippen molar-refractivity contribution in [2.45, 2.75) is 45.8 Å². The number of nitrogens with one attached hydrogen (secondary N) is 2. The molecule has 0 radical (unpaired) electrons. The molecule has 1 aromatic heterocycles. The van der Waals surface area contributed by atoms with Crippen LogP contribution in [0.1, 0.15) is 37.0 Å². The minimum absolute atomic E-state index is 0.513. The summed E-state index contributed by atoms with van der Waals surface area (Å²) in [6, 6.07) is 6.28. The molecular formula is C21H32ClN7O. The summed E-state index contributed by atoms with van der Waals surface area (Å²) < 4.78 is 7.21. The van der Waals surface area contributed by atoms with Crippen LogP contribution in [0, 0.1) is 6.92 Å². The molecule has 1 atom stereocenters. The van der Waals surface area contributed by atoms with E-state index in [0.717, 1.165) is 36.3 Å². The number of hydrogen-bond acceptors (Lipinski definition) is 5. The van der Waals surface area contributed by atoms with E-state index in [9.17, 15) is 0 Å². The first kappa shape index (κ1) is 22.4. The molecule has 0 aliphatic carbocycles. The van der Waals surface area contributed by atoms with Gasteiger partial charge in [0.2, 0.25) is 0 Å². The van der Waals surface area contributed by atoms with Crippen molar-refractivity contribution in [3.63, 3.8) is 0 Å². The average molecular weight is 434 g/mol. The van der Waals surface area contributed by atoms with Crippen LogP contribution in [-0.2, 0) is 20.1 Å². The molecule has 2 aromatic rings. The lowest BCUT2D eigenvalue weighted by Crippen LogP contribution is -2.44. The lowest BCUT2D eigenvalue weighted by Gasteiger charge is -2.24. The molecule has 0 saturated carbocycles.